The molecule has 3 amide bonds. The van der Waals surface area contributed by atoms with E-state index in [1.165, 1.54) is 15.9 Å². The fraction of sp³-hybridized carbons (Fsp3) is 0.517. The van der Waals surface area contributed by atoms with Gasteiger partial charge in [-0.1, -0.05) is 30.3 Å². The molecule has 0 unspecified atom stereocenters. The van der Waals surface area contributed by atoms with Crippen LogP contribution in [0.2, 0.25) is 0 Å². The minimum atomic E-state index is -1.10. The Labute approximate surface area is 244 Å². The van der Waals surface area contributed by atoms with Gasteiger partial charge in [0, 0.05) is 50.3 Å². The zero-order valence-corrected chi connectivity index (χ0v) is 23.7. The smallest absolute Gasteiger partial charge is 0.409 e. The minimum absolute atomic E-state index is 0.0300. The zero-order valence-electron chi connectivity index (χ0n) is 23.7. The van der Waals surface area contributed by atoms with Gasteiger partial charge in [0.2, 0.25) is 5.91 Å². The standard InChI is InChI=1S/C29H38N6O7/c1-2-42-29(41)35-16-14-34(15-17-35)28(40)22(12-13-25(37)38)32-27(39)23-18-24(30-20-8-10-21(36)11-9-20)33-26(31-23)19-6-4-3-5-7-19/h3-7,18,20-22,36H,2,8-17H2,1H3,(H,32,39)(H,37,38)(H,30,31,33)/t20?,21?,22-/m0/s1. The number of aliphatic hydroxyl groups is 1. The second-order valence-electron chi connectivity index (χ2n) is 10.4. The van der Waals surface area contributed by atoms with Gasteiger partial charge >= 0.3 is 12.1 Å². The molecular weight excluding hydrogens is 544 g/mol. The van der Waals surface area contributed by atoms with Crippen molar-refractivity contribution in [3.05, 3.63) is 42.1 Å². The summed E-state index contributed by atoms with van der Waals surface area (Å²) < 4.78 is 5.03. The fourth-order valence-electron chi connectivity index (χ4n) is 5.09. The molecule has 13 heteroatoms. The summed E-state index contributed by atoms with van der Waals surface area (Å²) in [5, 5.41) is 25.2. The molecule has 2 aromatic rings. The number of nitrogens with zero attached hydrogens (tertiary/aromatic N) is 4. The Balaban J connectivity index is 1.52. The Kier molecular flexibility index (Phi) is 10.7. The number of aliphatic carboxylic acids is 1. The number of carbonyl (C=O) groups excluding carboxylic acids is 3. The molecule has 1 atom stereocenters. The van der Waals surface area contributed by atoms with E-state index < -0.39 is 29.9 Å². The van der Waals surface area contributed by atoms with Crippen molar-refractivity contribution < 1.29 is 34.1 Å². The highest BCUT2D eigenvalue weighted by Crippen LogP contribution is 2.24. The quantitative estimate of drug-likeness (QED) is 0.325. The molecule has 1 saturated carbocycles. The van der Waals surface area contributed by atoms with Crippen molar-refractivity contribution in [3.63, 3.8) is 0 Å². The maximum atomic E-state index is 13.5. The van der Waals surface area contributed by atoms with Gasteiger partial charge in [-0.15, -0.1) is 0 Å². The molecule has 1 aliphatic heterocycles. The third-order valence-electron chi connectivity index (χ3n) is 7.41. The number of hydrogen-bond acceptors (Lipinski definition) is 9. The molecular formula is C29H38N6O7. The number of amides is 3. The highest BCUT2D eigenvalue weighted by atomic mass is 16.6. The van der Waals surface area contributed by atoms with Crippen LogP contribution in [0.1, 0.15) is 55.9 Å². The Morgan fingerprint density at radius 3 is 2.31 bits per heavy atom. The van der Waals surface area contributed by atoms with Crippen LogP contribution in [0.4, 0.5) is 10.6 Å². The van der Waals surface area contributed by atoms with Crippen molar-refractivity contribution >= 4 is 29.7 Å². The minimum Gasteiger partial charge on any atom is -0.481 e. The summed E-state index contributed by atoms with van der Waals surface area (Å²) >= 11 is 0. The van der Waals surface area contributed by atoms with Crippen LogP contribution in [0.25, 0.3) is 11.4 Å². The third-order valence-corrected chi connectivity index (χ3v) is 7.41. The maximum Gasteiger partial charge on any atom is 0.409 e. The van der Waals surface area contributed by atoms with E-state index >= 15 is 0 Å². The number of piperazine rings is 1. The molecule has 4 rings (SSSR count). The van der Waals surface area contributed by atoms with E-state index in [-0.39, 0.29) is 63.5 Å². The topological polar surface area (TPSA) is 174 Å². The molecule has 226 valence electrons. The van der Waals surface area contributed by atoms with Gasteiger partial charge in [0.25, 0.3) is 5.91 Å². The number of aromatic nitrogens is 2. The van der Waals surface area contributed by atoms with Gasteiger partial charge in [0.15, 0.2) is 5.82 Å². The first kappa shape index (κ1) is 30.7. The lowest BCUT2D eigenvalue weighted by Gasteiger charge is -2.35. The monoisotopic (exact) mass is 582 g/mol. The molecule has 0 radical (unpaired) electrons. The van der Waals surface area contributed by atoms with Crippen molar-refractivity contribution in [2.24, 2.45) is 0 Å². The van der Waals surface area contributed by atoms with Gasteiger partial charge in [-0.2, -0.15) is 0 Å². The summed E-state index contributed by atoms with van der Waals surface area (Å²) in [4.78, 5) is 62.5. The maximum absolute atomic E-state index is 13.5. The lowest BCUT2D eigenvalue weighted by Crippen LogP contribution is -2.56. The Morgan fingerprint density at radius 1 is 1.00 bits per heavy atom. The molecule has 2 heterocycles. The van der Waals surface area contributed by atoms with Crippen LogP contribution in [0.15, 0.2) is 36.4 Å². The average molecular weight is 583 g/mol. The fourth-order valence-corrected chi connectivity index (χ4v) is 5.09. The lowest BCUT2D eigenvalue weighted by atomic mass is 9.93. The van der Waals surface area contributed by atoms with Gasteiger partial charge in [0.05, 0.1) is 12.7 Å². The average Bonchev–Trinajstić information content (AvgIpc) is 3.00. The first-order valence-corrected chi connectivity index (χ1v) is 14.4. The van der Waals surface area contributed by atoms with Crippen LogP contribution in [0, 0.1) is 0 Å². The number of carboxylic acid groups (broad SMARTS) is 1. The lowest BCUT2D eigenvalue weighted by molar-refractivity contribution is -0.138. The molecule has 0 bridgehead atoms. The van der Waals surface area contributed by atoms with Crippen molar-refractivity contribution in [2.45, 2.75) is 63.6 Å². The predicted molar refractivity (Wildman–Crippen MR) is 153 cm³/mol. The van der Waals surface area contributed by atoms with E-state index in [1.807, 2.05) is 30.3 Å². The van der Waals surface area contributed by atoms with Gasteiger partial charge in [0.1, 0.15) is 17.6 Å². The van der Waals surface area contributed by atoms with Crippen LogP contribution in [0.3, 0.4) is 0 Å². The van der Waals surface area contributed by atoms with E-state index in [9.17, 15) is 29.4 Å². The molecule has 1 aromatic carbocycles. The zero-order chi connectivity index (χ0) is 30.1. The first-order chi connectivity index (χ1) is 20.2. The van der Waals surface area contributed by atoms with E-state index in [4.69, 9.17) is 4.74 Å². The second kappa shape index (κ2) is 14.6. The number of hydrogen-bond donors (Lipinski definition) is 4. The van der Waals surface area contributed by atoms with Crippen molar-refractivity contribution in [1.82, 2.24) is 25.1 Å². The highest BCUT2D eigenvalue weighted by Gasteiger charge is 2.31. The van der Waals surface area contributed by atoms with Crippen LogP contribution >= 0.6 is 0 Å². The molecule has 1 aromatic heterocycles. The van der Waals surface area contributed by atoms with Crippen LogP contribution in [-0.2, 0) is 14.3 Å². The largest absolute Gasteiger partial charge is 0.481 e. The molecule has 1 saturated heterocycles. The van der Waals surface area contributed by atoms with Crippen LogP contribution < -0.4 is 10.6 Å². The van der Waals surface area contributed by atoms with Gasteiger partial charge in [-0.05, 0) is 39.0 Å². The first-order valence-electron chi connectivity index (χ1n) is 14.4. The van der Waals surface area contributed by atoms with Gasteiger partial charge < -0.3 is 35.4 Å². The molecule has 2 fully saturated rings. The number of ether oxygens (including phenoxy) is 1. The van der Waals surface area contributed by atoms with Crippen molar-refractivity contribution in [1.29, 1.82) is 0 Å². The number of nitrogens with one attached hydrogen (secondary N) is 2. The van der Waals surface area contributed by atoms with Crippen molar-refractivity contribution in [3.8, 4) is 11.4 Å². The summed E-state index contributed by atoms with van der Waals surface area (Å²) in [5.74, 6) is -1.38. The number of benzene rings is 1. The summed E-state index contributed by atoms with van der Waals surface area (Å²) in [5.41, 5.74) is 0.731. The summed E-state index contributed by atoms with van der Waals surface area (Å²) in [6.45, 7) is 2.96. The van der Waals surface area contributed by atoms with E-state index in [0.29, 0.717) is 30.0 Å². The summed E-state index contributed by atoms with van der Waals surface area (Å²) in [7, 11) is 0. The SMILES string of the molecule is CCOC(=O)N1CCN(C(=O)[C@H](CCC(=O)O)NC(=O)c2cc(NC3CCC(O)CC3)nc(-c3ccccc3)n2)CC1. The number of carboxylic acids is 1. The van der Waals surface area contributed by atoms with E-state index in [2.05, 4.69) is 20.6 Å². The number of carbonyl (C=O) groups is 4. The van der Waals surface area contributed by atoms with Crippen LogP contribution in [-0.4, -0.2) is 105 Å². The number of anilines is 1. The highest BCUT2D eigenvalue weighted by molar-refractivity contribution is 5.97. The third kappa shape index (κ3) is 8.38. The number of rotatable bonds is 10. The van der Waals surface area contributed by atoms with Gasteiger partial charge in [-0.25, -0.2) is 14.8 Å². The molecule has 0 spiro atoms. The molecule has 1 aliphatic carbocycles. The second-order valence-corrected chi connectivity index (χ2v) is 10.4. The van der Waals surface area contributed by atoms with E-state index in [0.717, 1.165) is 12.8 Å². The van der Waals surface area contributed by atoms with Gasteiger partial charge in [-0.3, -0.25) is 14.4 Å². The Bertz CT molecular complexity index is 1240. The molecule has 2 aliphatic rings. The molecule has 4 N–H and O–H groups in total. The summed E-state index contributed by atoms with van der Waals surface area (Å²) in [6, 6.07) is 9.67. The van der Waals surface area contributed by atoms with E-state index in [1.54, 1.807) is 6.92 Å². The predicted octanol–water partition coefficient (Wildman–Crippen LogP) is 2.12. The summed E-state index contributed by atoms with van der Waals surface area (Å²) in [6.07, 6.45) is 1.65. The molecule has 13 nitrogen and oxygen atoms in total. The Hall–Kier alpha value is -4.26. The normalized spacial score (nSPS) is 19.5. The Morgan fingerprint density at radius 2 is 1.67 bits per heavy atom. The van der Waals surface area contributed by atoms with Crippen LogP contribution in [0.5, 0.6) is 0 Å². The number of aliphatic hydroxyl groups excluding tert-OH is 1. The molecule has 42 heavy (non-hydrogen) atoms. The van der Waals surface area contributed by atoms with Crippen molar-refractivity contribution in [2.75, 3.05) is 38.1 Å².